The van der Waals surface area contributed by atoms with Gasteiger partial charge in [0.25, 0.3) is 11.8 Å². The van der Waals surface area contributed by atoms with Crippen LogP contribution < -0.4 is 10.6 Å². The molecule has 0 bridgehead atoms. The summed E-state index contributed by atoms with van der Waals surface area (Å²) in [6, 6.07) is 6.79. The standard InChI is InChI=1S/C15H15N3O3S/c19-13(18-15-16-6-8-22-15)10-3-1-4-11(9-10)17-14(20)12-5-2-7-21-12/h1,3-4,6,8-9,12H,2,5,7H2,(H,17,20)(H,16,18,19). The number of ether oxygens (including phenoxy) is 1. The van der Waals surface area contributed by atoms with Crippen LogP contribution >= 0.6 is 11.3 Å². The molecule has 1 aromatic heterocycles. The van der Waals surface area contributed by atoms with Crippen LogP contribution in [0.1, 0.15) is 23.2 Å². The molecule has 1 atom stereocenters. The lowest BCUT2D eigenvalue weighted by molar-refractivity contribution is -0.124. The minimum absolute atomic E-state index is 0.171. The Morgan fingerprint density at radius 2 is 2.23 bits per heavy atom. The first-order valence-electron chi connectivity index (χ1n) is 6.96. The maximum absolute atomic E-state index is 12.1. The van der Waals surface area contributed by atoms with Gasteiger partial charge in [-0.05, 0) is 31.0 Å². The van der Waals surface area contributed by atoms with Crippen LogP contribution in [0.4, 0.5) is 10.8 Å². The first-order chi connectivity index (χ1) is 10.7. The van der Waals surface area contributed by atoms with Crippen molar-refractivity contribution in [2.45, 2.75) is 18.9 Å². The highest BCUT2D eigenvalue weighted by molar-refractivity contribution is 7.13. The van der Waals surface area contributed by atoms with E-state index >= 15 is 0 Å². The zero-order chi connectivity index (χ0) is 15.4. The van der Waals surface area contributed by atoms with Gasteiger partial charge in [0.2, 0.25) is 0 Å². The number of rotatable bonds is 4. The van der Waals surface area contributed by atoms with Gasteiger partial charge in [0, 0.05) is 29.4 Å². The molecule has 0 spiro atoms. The minimum atomic E-state index is -0.396. The number of amides is 2. The average Bonchev–Trinajstić information content (AvgIpc) is 3.21. The Kier molecular flexibility index (Phi) is 4.45. The molecule has 2 N–H and O–H groups in total. The fraction of sp³-hybridized carbons (Fsp3) is 0.267. The number of anilines is 2. The van der Waals surface area contributed by atoms with Crippen LogP contribution in [0, 0.1) is 0 Å². The minimum Gasteiger partial charge on any atom is -0.368 e. The van der Waals surface area contributed by atoms with Gasteiger partial charge in [0.15, 0.2) is 5.13 Å². The third kappa shape index (κ3) is 3.49. The van der Waals surface area contributed by atoms with Crippen LogP contribution in [0.3, 0.4) is 0 Å². The molecule has 114 valence electrons. The summed E-state index contributed by atoms with van der Waals surface area (Å²) in [7, 11) is 0. The van der Waals surface area contributed by atoms with Crippen LogP contribution in [0.15, 0.2) is 35.8 Å². The molecule has 22 heavy (non-hydrogen) atoms. The normalized spacial score (nSPS) is 17.2. The molecule has 1 unspecified atom stereocenters. The van der Waals surface area contributed by atoms with E-state index in [9.17, 15) is 9.59 Å². The summed E-state index contributed by atoms with van der Waals surface area (Å²) in [4.78, 5) is 28.1. The molecule has 0 aliphatic carbocycles. The van der Waals surface area contributed by atoms with Crippen molar-refractivity contribution in [1.82, 2.24) is 4.98 Å². The number of carbonyl (C=O) groups excluding carboxylic acids is 2. The van der Waals surface area contributed by atoms with Crippen molar-refractivity contribution in [1.29, 1.82) is 0 Å². The Morgan fingerprint density at radius 1 is 1.32 bits per heavy atom. The number of thiazole rings is 1. The van der Waals surface area contributed by atoms with Gasteiger partial charge in [0.1, 0.15) is 6.10 Å². The number of nitrogens with one attached hydrogen (secondary N) is 2. The predicted octanol–water partition coefficient (Wildman–Crippen LogP) is 2.51. The van der Waals surface area contributed by atoms with E-state index in [2.05, 4.69) is 15.6 Å². The maximum Gasteiger partial charge on any atom is 0.257 e. The molecule has 1 saturated heterocycles. The predicted molar refractivity (Wildman–Crippen MR) is 84.1 cm³/mol. The number of benzene rings is 1. The number of hydrogen-bond acceptors (Lipinski definition) is 5. The van der Waals surface area contributed by atoms with Gasteiger partial charge in [-0.1, -0.05) is 6.07 Å². The van der Waals surface area contributed by atoms with E-state index in [0.29, 0.717) is 23.0 Å². The summed E-state index contributed by atoms with van der Waals surface area (Å²) in [5.74, 6) is -0.432. The van der Waals surface area contributed by atoms with Crippen molar-refractivity contribution < 1.29 is 14.3 Å². The molecule has 1 aliphatic rings. The van der Waals surface area contributed by atoms with E-state index in [0.717, 1.165) is 12.8 Å². The van der Waals surface area contributed by atoms with Crippen molar-refractivity contribution >= 4 is 34.0 Å². The average molecular weight is 317 g/mol. The summed E-state index contributed by atoms with van der Waals surface area (Å²) in [6.07, 6.45) is 2.86. The van der Waals surface area contributed by atoms with Crippen LogP contribution in [0.2, 0.25) is 0 Å². The maximum atomic E-state index is 12.1. The molecule has 7 heteroatoms. The zero-order valence-electron chi connectivity index (χ0n) is 11.7. The Hall–Kier alpha value is -2.25. The van der Waals surface area contributed by atoms with Gasteiger partial charge >= 0.3 is 0 Å². The van der Waals surface area contributed by atoms with Crippen LogP contribution in [0.5, 0.6) is 0 Å². The van der Waals surface area contributed by atoms with Crippen molar-refractivity contribution in [3.8, 4) is 0 Å². The second kappa shape index (κ2) is 6.67. The van der Waals surface area contributed by atoms with E-state index in [4.69, 9.17) is 4.74 Å². The number of aromatic nitrogens is 1. The lowest BCUT2D eigenvalue weighted by Crippen LogP contribution is -2.27. The van der Waals surface area contributed by atoms with Gasteiger partial charge < -0.3 is 10.1 Å². The fourth-order valence-electron chi connectivity index (χ4n) is 2.20. The quantitative estimate of drug-likeness (QED) is 0.908. The topological polar surface area (TPSA) is 80.3 Å². The zero-order valence-corrected chi connectivity index (χ0v) is 12.6. The molecule has 1 aromatic carbocycles. The van der Waals surface area contributed by atoms with Gasteiger partial charge in [-0.15, -0.1) is 11.3 Å². The van der Waals surface area contributed by atoms with E-state index in [1.165, 1.54) is 11.3 Å². The fourth-order valence-corrected chi connectivity index (χ4v) is 2.72. The lowest BCUT2D eigenvalue weighted by atomic mass is 10.1. The van der Waals surface area contributed by atoms with Gasteiger partial charge in [-0.3, -0.25) is 14.9 Å². The van der Waals surface area contributed by atoms with Gasteiger partial charge in [0.05, 0.1) is 0 Å². The summed E-state index contributed by atoms with van der Waals surface area (Å²) in [5, 5.41) is 7.81. The molecule has 0 radical (unpaired) electrons. The smallest absolute Gasteiger partial charge is 0.257 e. The third-order valence-electron chi connectivity index (χ3n) is 3.27. The largest absolute Gasteiger partial charge is 0.368 e. The summed E-state index contributed by atoms with van der Waals surface area (Å²) in [6.45, 7) is 0.619. The molecule has 1 fully saturated rings. The van der Waals surface area contributed by atoms with Crippen LogP contribution in [0.25, 0.3) is 0 Å². The summed E-state index contributed by atoms with van der Waals surface area (Å²) >= 11 is 1.35. The molecule has 2 amide bonds. The summed E-state index contributed by atoms with van der Waals surface area (Å²) < 4.78 is 5.34. The Bertz CT molecular complexity index is 666. The number of carbonyl (C=O) groups is 2. The first-order valence-corrected chi connectivity index (χ1v) is 7.84. The Balaban J connectivity index is 1.66. The second-order valence-corrected chi connectivity index (χ2v) is 5.76. The summed E-state index contributed by atoms with van der Waals surface area (Å²) in [5.41, 5.74) is 1.03. The van der Waals surface area contributed by atoms with E-state index in [1.54, 1.807) is 35.8 Å². The number of nitrogens with zero attached hydrogens (tertiary/aromatic N) is 1. The second-order valence-electron chi connectivity index (χ2n) is 4.86. The van der Waals surface area contributed by atoms with Gasteiger partial charge in [-0.25, -0.2) is 4.98 Å². The van der Waals surface area contributed by atoms with Crippen molar-refractivity contribution in [3.05, 3.63) is 41.4 Å². The number of hydrogen-bond donors (Lipinski definition) is 2. The molecule has 1 aliphatic heterocycles. The van der Waals surface area contributed by atoms with Crippen LogP contribution in [-0.4, -0.2) is 29.5 Å². The first kappa shape index (κ1) is 14.7. The van der Waals surface area contributed by atoms with Crippen molar-refractivity contribution in [3.63, 3.8) is 0 Å². The lowest BCUT2D eigenvalue weighted by Gasteiger charge is -2.11. The molecular formula is C15H15N3O3S. The molecule has 2 aromatic rings. The van der Waals surface area contributed by atoms with Gasteiger partial charge in [-0.2, -0.15) is 0 Å². The van der Waals surface area contributed by atoms with E-state index < -0.39 is 6.10 Å². The van der Waals surface area contributed by atoms with E-state index in [-0.39, 0.29) is 11.8 Å². The molecule has 0 saturated carbocycles. The highest BCUT2D eigenvalue weighted by atomic mass is 32.1. The highest BCUT2D eigenvalue weighted by Crippen LogP contribution is 2.17. The molecule has 6 nitrogen and oxygen atoms in total. The highest BCUT2D eigenvalue weighted by Gasteiger charge is 2.23. The Morgan fingerprint density at radius 3 is 2.95 bits per heavy atom. The van der Waals surface area contributed by atoms with Crippen molar-refractivity contribution in [2.24, 2.45) is 0 Å². The van der Waals surface area contributed by atoms with E-state index in [1.807, 2.05) is 0 Å². The SMILES string of the molecule is O=C(Nc1nccs1)c1cccc(NC(=O)C2CCCO2)c1. The molecular weight excluding hydrogens is 302 g/mol. The third-order valence-corrected chi connectivity index (χ3v) is 3.96. The Labute approximate surface area is 131 Å². The van der Waals surface area contributed by atoms with Crippen molar-refractivity contribution in [2.75, 3.05) is 17.2 Å². The molecule has 2 heterocycles. The monoisotopic (exact) mass is 317 g/mol. The molecule has 3 rings (SSSR count). The van der Waals surface area contributed by atoms with Crippen LogP contribution in [-0.2, 0) is 9.53 Å².